The summed E-state index contributed by atoms with van der Waals surface area (Å²) < 4.78 is 10.2. The fourth-order valence-electron chi connectivity index (χ4n) is 1.61. The largest absolute Gasteiger partial charge is 0.495 e. The van der Waals surface area contributed by atoms with Crippen molar-refractivity contribution in [1.29, 1.82) is 0 Å². The molecular formula is C13H13Cl2N3O2. The first-order valence-corrected chi connectivity index (χ1v) is 6.51. The van der Waals surface area contributed by atoms with E-state index < -0.39 is 0 Å². The third kappa shape index (κ3) is 3.72. The van der Waals surface area contributed by atoms with Gasteiger partial charge < -0.3 is 14.8 Å². The van der Waals surface area contributed by atoms with Crippen LogP contribution >= 0.6 is 23.2 Å². The van der Waals surface area contributed by atoms with E-state index in [4.69, 9.17) is 32.7 Å². The molecule has 0 fully saturated rings. The minimum absolute atomic E-state index is 0.291. The maximum absolute atomic E-state index is 5.97. The minimum Gasteiger partial charge on any atom is -0.495 e. The average molecular weight is 314 g/mol. The lowest BCUT2D eigenvalue weighted by molar-refractivity contribution is 0.178. The molecule has 1 N–H and O–H groups in total. The maximum atomic E-state index is 5.97. The zero-order chi connectivity index (χ0) is 14.5. The molecule has 1 aromatic carbocycles. The van der Waals surface area contributed by atoms with Crippen molar-refractivity contribution >= 4 is 34.7 Å². The van der Waals surface area contributed by atoms with E-state index in [1.807, 2.05) is 6.07 Å². The van der Waals surface area contributed by atoms with E-state index in [-0.39, 0.29) is 0 Å². The highest BCUT2D eigenvalue weighted by Gasteiger charge is 2.06. The van der Waals surface area contributed by atoms with Crippen LogP contribution in [0.4, 0.5) is 11.5 Å². The number of nitrogens with zero attached hydrogens (tertiary/aromatic N) is 2. The van der Waals surface area contributed by atoms with Gasteiger partial charge in [-0.15, -0.1) is 0 Å². The van der Waals surface area contributed by atoms with Gasteiger partial charge in [-0.2, -0.15) is 0 Å². The second-order valence-corrected chi connectivity index (χ2v) is 4.69. The Bertz CT molecular complexity index is 608. The summed E-state index contributed by atoms with van der Waals surface area (Å²) in [4.78, 5) is 8.35. The molecule has 0 aliphatic rings. The van der Waals surface area contributed by atoms with Gasteiger partial charge in [-0.3, -0.25) is 0 Å². The number of methoxy groups -OCH3 is 2. The molecule has 0 unspecified atom stereocenters. The van der Waals surface area contributed by atoms with Crippen molar-refractivity contribution in [3.8, 4) is 5.75 Å². The Morgan fingerprint density at radius 3 is 2.65 bits per heavy atom. The van der Waals surface area contributed by atoms with Gasteiger partial charge in [0, 0.05) is 24.9 Å². The lowest BCUT2D eigenvalue weighted by atomic mass is 10.3. The average Bonchev–Trinajstić information content (AvgIpc) is 2.40. The van der Waals surface area contributed by atoms with E-state index in [1.54, 1.807) is 32.4 Å². The maximum Gasteiger partial charge on any atom is 0.158 e. The van der Waals surface area contributed by atoms with Crippen molar-refractivity contribution in [3.63, 3.8) is 0 Å². The summed E-state index contributed by atoms with van der Waals surface area (Å²) in [6, 6.07) is 6.95. The summed E-state index contributed by atoms with van der Waals surface area (Å²) in [6.45, 7) is 0.291. The van der Waals surface area contributed by atoms with E-state index in [0.29, 0.717) is 34.2 Å². The van der Waals surface area contributed by atoms with Crippen molar-refractivity contribution < 1.29 is 9.47 Å². The molecule has 0 saturated heterocycles. The molecule has 0 aliphatic carbocycles. The van der Waals surface area contributed by atoms with E-state index in [1.165, 1.54) is 0 Å². The van der Waals surface area contributed by atoms with Gasteiger partial charge in [0.25, 0.3) is 0 Å². The third-order valence-electron chi connectivity index (χ3n) is 2.44. The molecule has 0 radical (unpaired) electrons. The number of anilines is 2. The molecule has 2 aromatic rings. The zero-order valence-electron chi connectivity index (χ0n) is 11.0. The Morgan fingerprint density at radius 1 is 1.15 bits per heavy atom. The van der Waals surface area contributed by atoms with Crippen LogP contribution < -0.4 is 10.1 Å². The van der Waals surface area contributed by atoms with E-state index >= 15 is 0 Å². The molecule has 2 rings (SSSR count). The molecule has 0 spiro atoms. The van der Waals surface area contributed by atoms with Gasteiger partial charge in [0.05, 0.1) is 12.1 Å². The molecule has 7 heteroatoms. The molecular weight excluding hydrogens is 301 g/mol. The SMILES string of the molecule is COCc1nc(Cl)cc(Nc2ccc(Cl)c(OC)c2)n1. The van der Waals surface area contributed by atoms with Crippen molar-refractivity contribution in [2.45, 2.75) is 6.61 Å². The van der Waals surface area contributed by atoms with Gasteiger partial charge in [0.2, 0.25) is 0 Å². The highest BCUT2D eigenvalue weighted by atomic mass is 35.5. The minimum atomic E-state index is 0.291. The first kappa shape index (κ1) is 14.8. The predicted molar refractivity (Wildman–Crippen MR) is 79.0 cm³/mol. The first-order chi connectivity index (χ1) is 9.62. The van der Waals surface area contributed by atoms with Crippen molar-refractivity contribution in [2.24, 2.45) is 0 Å². The van der Waals surface area contributed by atoms with Gasteiger partial charge in [-0.25, -0.2) is 9.97 Å². The summed E-state index contributed by atoms with van der Waals surface area (Å²) in [5, 5.41) is 4.00. The Morgan fingerprint density at radius 2 is 1.95 bits per heavy atom. The third-order valence-corrected chi connectivity index (χ3v) is 2.94. The first-order valence-electron chi connectivity index (χ1n) is 5.75. The number of benzene rings is 1. The van der Waals surface area contributed by atoms with Crippen LogP contribution in [0.5, 0.6) is 5.75 Å². The quantitative estimate of drug-likeness (QED) is 0.853. The standard InChI is InChI=1S/C13H13Cl2N3O2/c1-19-7-13-17-11(15)6-12(18-13)16-8-3-4-9(14)10(5-8)20-2/h3-6H,7H2,1-2H3,(H,16,17,18). The fourth-order valence-corrected chi connectivity index (χ4v) is 2.00. The van der Waals surface area contributed by atoms with Gasteiger partial charge in [-0.1, -0.05) is 23.2 Å². The molecule has 20 heavy (non-hydrogen) atoms. The lowest BCUT2D eigenvalue weighted by Crippen LogP contribution is -2.01. The summed E-state index contributed by atoms with van der Waals surface area (Å²) in [6.07, 6.45) is 0. The number of rotatable bonds is 5. The molecule has 0 saturated carbocycles. The van der Waals surface area contributed by atoms with Crippen LogP contribution in [0.1, 0.15) is 5.82 Å². The highest BCUT2D eigenvalue weighted by Crippen LogP contribution is 2.29. The molecule has 0 bridgehead atoms. The smallest absolute Gasteiger partial charge is 0.158 e. The molecule has 0 aliphatic heterocycles. The monoisotopic (exact) mass is 313 g/mol. The highest BCUT2D eigenvalue weighted by molar-refractivity contribution is 6.32. The fraction of sp³-hybridized carbons (Fsp3) is 0.231. The second-order valence-electron chi connectivity index (χ2n) is 3.90. The number of nitrogens with one attached hydrogen (secondary N) is 1. The van der Waals surface area contributed by atoms with Crippen molar-refractivity contribution in [2.75, 3.05) is 19.5 Å². The number of hydrogen-bond donors (Lipinski definition) is 1. The van der Waals surface area contributed by atoms with Crippen LogP contribution in [-0.4, -0.2) is 24.2 Å². The van der Waals surface area contributed by atoms with Crippen LogP contribution in [-0.2, 0) is 11.3 Å². The molecule has 106 valence electrons. The van der Waals surface area contributed by atoms with E-state index in [2.05, 4.69) is 15.3 Å². The molecule has 5 nitrogen and oxygen atoms in total. The summed E-state index contributed by atoms with van der Waals surface area (Å²) >= 11 is 11.9. The second kappa shape index (κ2) is 6.74. The van der Waals surface area contributed by atoms with Gasteiger partial charge >= 0.3 is 0 Å². The Labute approximate surface area is 126 Å². The molecule has 0 atom stereocenters. The van der Waals surface area contributed by atoms with Crippen molar-refractivity contribution in [3.05, 3.63) is 40.3 Å². The molecule has 0 amide bonds. The number of hydrogen-bond acceptors (Lipinski definition) is 5. The van der Waals surface area contributed by atoms with E-state index in [0.717, 1.165) is 5.69 Å². The van der Waals surface area contributed by atoms with Gasteiger partial charge in [-0.05, 0) is 12.1 Å². The summed E-state index contributed by atoms with van der Waals surface area (Å²) in [7, 11) is 3.13. The van der Waals surface area contributed by atoms with Crippen LogP contribution in [0, 0.1) is 0 Å². The molecule has 1 heterocycles. The van der Waals surface area contributed by atoms with Gasteiger partial charge in [0.15, 0.2) is 5.82 Å². The normalized spacial score (nSPS) is 10.4. The van der Waals surface area contributed by atoms with E-state index in [9.17, 15) is 0 Å². The van der Waals surface area contributed by atoms with Crippen LogP contribution in [0.2, 0.25) is 10.2 Å². The van der Waals surface area contributed by atoms with Crippen LogP contribution in [0.25, 0.3) is 0 Å². The Balaban J connectivity index is 2.25. The summed E-state index contributed by atoms with van der Waals surface area (Å²) in [5.74, 6) is 1.65. The van der Waals surface area contributed by atoms with Crippen LogP contribution in [0.15, 0.2) is 24.3 Å². The van der Waals surface area contributed by atoms with Gasteiger partial charge in [0.1, 0.15) is 23.3 Å². The number of aromatic nitrogens is 2. The predicted octanol–water partition coefficient (Wildman–Crippen LogP) is 3.68. The van der Waals surface area contributed by atoms with Crippen molar-refractivity contribution in [1.82, 2.24) is 9.97 Å². The summed E-state index contributed by atoms with van der Waals surface area (Å²) in [5.41, 5.74) is 0.782. The lowest BCUT2D eigenvalue weighted by Gasteiger charge is -2.10. The number of ether oxygens (including phenoxy) is 2. The zero-order valence-corrected chi connectivity index (χ0v) is 12.5. The topological polar surface area (TPSA) is 56.3 Å². The Hall–Kier alpha value is -1.56. The van der Waals surface area contributed by atoms with Crippen LogP contribution in [0.3, 0.4) is 0 Å². The Kier molecular flexibility index (Phi) is 5.00. The number of halogens is 2. The molecule has 1 aromatic heterocycles.